The molecular weight excluding hydrogens is 112 g/mol. The van der Waals surface area contributed by atoms with Gasteiger partial charge in [0.1, 0.15) is 0 Å². The molecule has 0 amide bonds. The molecule has 0 spiro atoms. The van der Waals surface area contributed by atoms with Crippen molar-refractivity contribution in [2.24, 2.45) is 11.7 Å². The molecule has 2 nitrogen and oxygen atoms in total. The maximum Gasteiger partial charge on any atom is 0.0130 e. The van der Waals surface area contributed by atoms with Gasteiger partial charge in [-0.15, -0.1) is 0 Å². The highest BCUT2D eigenvalue weighted by Gasteiger charge is 2.03. The molecule has 2 heteroatoms. The van der Waals surface area contributed by atoms with Crippen LogP contribution in [0.2, 0.25) is 0 Å². The minimum atomic E-state index is 0.139. The van der Waals surface area contributed by atoms with Crippen LogP contribution < -0.4 is 5.73 Å². The standard InChI is InChI=1S/C7H16N2/c1-5(2)7(9)4-6(3)8/h5-6,9H,4,8H2,1-3H3. The second kappa shape index (κ2) is 3.62. The van der Waals surface area contributed by atoms with Crippen LogP contribution in [0.3, 0.4) is 0 Å². The quantitative estimate of drug-likeness (QED) is 0.554. The molecule has 0 rings (SSSR count). The van der Waals surface area contributed by atoms with Crippen molar-refractivity contribution < 1.29 is 0 Å². The summed E-state index contributed by atoms with van der Waals surface area (Å²) < 4.78 is 0. The molecule has 1 atom stereocenters. The highest BCUT2D eigenvalue weighted by Crippen LogP contribution is 2.00. The van der Waals surface area contributed by atoms with Crippen LogP contribution in [0.1, 0.15) is 27.2 Å². The maximum absolute atomic E-state index is 7.39. The molecule has 0 aromatic rings. The molecule has 0 saturated heterocycles. The van der Waals surface area contributed by atoms with E-state index in [1.165, 1.54) is 0 Å². The van der Waals surface area contributed by atoms with Crippen molar-refractivity contribution in [1.29, 1.82) is 5.41 Å². The van der Waals surface area contributed by atoms with E-state index < -0.39 is 0 Å². The first-order valence-corrected chi connectivity index (χ1v) is 3.37. The van der Waals surface area contributed by atoms with Crippen molar-refractivity contribution in [3.8, 4) is 0 Å². The number of hydrogen-bond donors (Lipinski definition) is 2. The molecule has 0 aromatic heterocycles. The summed E-state index contributed by atoms with van der Waals surface area (Å²) in [6.07, 6.45) is 0.734. The fourth-order valence-electron chi connectivity index (χ4n) is 0.583. The second-order valence-corrected chi connectivity index (χ2v) is 2.86. The topological polar surface area (TPSA) is 49.9 Å². The number of nitrogens with one attached hydrogen (secondary N) is 1. The summed E-state index contributed by atoms with van der Waals surface area (Å²) in [6.45, 7) is 5.96. The lowest BCUT2D eigenvalue weighted by Crippen LogP contribution is -2.21. The van der Waals surface area contributed by atoms with Gasteiger partial charge in [-0.1, -0.05) is 13.8 Å². The predicted octanol–water partition coefficient (Wildman–Crippen LogP) is 1.40. The molecule has 0 radical (unpaired) electrons. The van der Waals surface area contributed by atoms with Gasteiger partial charge in [0.05, 0.1) is 0 Å². The highest BCUT2D eigenvalue weighted by atomic mass is 14.6. The number of rotatable bonds is 3. The van der Waals surface area contributed by atoms with E-state index in [2.05, 4.69) is 0 Å². The van der Waals surface area contributed by atoms with E-state index in [-0.39, 0.29) is 6.04 Å². The summed E-state index contributed by atoms with van der Waals surface area (Å²) >= 11 is 0. The van der Waals surface area contributed by atoms with Gasteiger partial charge in [0.2, 0.25) is 0 Å². The van der Waals surface area contributed by atoms with Gasteiger partial charge in [0.15, 0.2) is 0 Å². The van der Waals surface area contributed by atoms with Crippen LogP contribution in [0.15, 0.2) is 0 Å². The van der Waals surface area contributed by atoms with E-state index in [1.54, 1.807) is 0 Å². The summed E-state index contributed by atoms with van der Waals surface area (Å²) in [4.78, 5) is 0. The van der Waals surface area contributed by atoms with Crippen LogP contribution >= 0.6 is 0 Å². The summed E-state index contributed by atoms with van der Waals surface area (Å²) in [6, 6.07) is 0.139. The zero-order chi connectivity index (χ0) is 7.44. The normalized spacial score (nSPS) is 13.9. The number of nitrogens with two attached hydrogens (primary N) is 1. The van der Waals surface area contributed by atoms with Crippen molar-refractivity contribution in [3.05, 3.63) is 0 Å². The van der Waals surface area contributed by atoms with E-state index >= 15 is 0 Å². The van der Waals surface area contributed by atoms with Crippen LogP contribution in [0.25, 0.3) is 0 Å². The summed E-state index contributed by atoms with van der Waals surface area (Å²) in [5.74, 6) is 0.357. The first-order chi connectivity index (χ1) is 4.04. The maximum atomic E-state index is 7.39. The largest absolute Gasteiger partial charge is 0.328 e. The Labute approximate surface area is 57.0 Å². The predicted molar refractivity (Wildman–Crippen MR) is 40.8 cm³/mol. The third-order valence-electron chi connectivity index (χ3n) is 1.24. The van der Waals surface area contributed by atoms with Crippen LogP contribution in [-0.4, -0.2) is 11.8 Å². The molecule has 0 saturated carbocycles. The molecule has 0 aliphatic carbocycles. The average Bonchev–Trinajstić information content (AvgIpc) is 1.63. The zero-order valence-electron chi connectivity index (χ0n) is 6.44. The third kappa shape index (κ3) is 4.15. The Balaban J connectivity index is 3.51. The molecule has 0 heterocycles. The van der Waals surface area contributed by atoms with Gasteiger partial charge in [0.25, 0.3) is 0 Å². The van der Waals surface area contributed by atoms with Crippen LogP contribution in [0.4, 0.5) is 0 Å². The lowest BCUT2D eigenvalue weighted by molar-refractivity contribution is 0.733. The van der Waals surface area contributed by atoms with Crippen molar-refractivity contribution in [2.75, 3.05) is 0 Å². The van der Waals surface area contributed by atoms with Gasteiger partial charge < -0.3 is 11.1 Å². The molecule has 54 valence electrons. The van der Waals surface area contributed by atoms with Gasteiger partial charge in [-0.2, -0.15) is 0 Å². The van der Waals surface area contributed by atoms with E-state index in [0.29, 0.717) is 5.92 Å². The minimum absolute atomic E-state index is 0.139. The lowest BCUT2D eigenvalue weighted by atomic mass is 10.0. The third-order valence-corrected chi connectivity index (χ3v) is 1.24. The van der Waals surface area contributed by atoms with Crippen molar-refractivity contribution in [1.82, 2.24) is 0 Å². The van der Waals surface area contributed by atoms with Gasteiger partial charge in [0, 0.05) is 18.2 Å². The Morgan fingerprint density at radius 1 is 1.44 bits per heavy atom. The van der Waals surface area contributed by atoms with Gasteiger partial charge in [-0.25, -0.2) is 0 Å². The van der Waals surface area contributed by atoms with Crippen molar-refractivity contribution in [3.63, 3.8) is 0 Å². The summed E-state index contributed by atoms with van der Waals surface area (Å²) in [7, 11) is 0. The Kier molecular flexibility index (Phi) is 3.47. The summed E-state index contributed by atoms with van der Waals surface area (Å²) in [5, 5.41) is 7.39. The van der Waals surface area contributed by atoms with Crippen LogP contribution in [0, 0.1) is 11.3 Å². The first-order valence-electron chi connectivity index (χ1n) is 3.37. The molecular formula is C7H16N2. The fourth-order valence-corrected chi connectivity index (χ4v) is 0.583. The molecule has 3 N–H and O–H groups in total. The van der Waals surface area contributed by atoms with E-state index in [1.807, 2.05) is 20.8 Å². The zero-order valence-corrected chi connectivity index (χ0v) is 6.44. The molecule has 0 bridgehead atoms. The van der Waals surface area contributed by atoms with E-state index in [0.717, 1.165) is 12.1 Å². The van der Waals surface area contributed by atoms with Crippen LogP contribution in [-0.2, 0) is 0 Å². The monoisotopic (exact) mass is 128 g/mol. The van der Waals surface area contributed by atoms with Crippen LogP contribution in [0.5, 0.6) is 0 Å². The second-order valence-electron chi connectivity index (χ2n) is 2.86. The first kappa shape index (κ1) is 8.63. The summed E-state index contributed by atoms with van der Waals surface area (Å²) in [5.41, 5.74) is 6.24. The smallest absolute Gasteiger partial charge is 0.0130 e. The molecule has 0 aliphatic rings. The van der Waals surface area contributed by atoms with E-state index in [9.17, 15) is 0 Å². The SMILES string of the molecule is CC(N)CC(=N)C(C)C. The van der Waals surface area contributed by atoms with Crippen molar-refractivity contribution >= 4 is 5.71 Å². The van der Waals surface area contributed by atoms with E-state index in [4.69, 9.17) is 11.1 Å². The number of hydrogen-bond acceptors (Lipinski definition) is 2. The Morgan fingerprint density at radius 3 is 2.00 bits per heavy atom. The Bertz CT molecular complexity index is 95.1. The lowest BCUT2D eigenvalue weighted by Gasteiger charge is -2.08. The van der Waals surface area contributed by atoms with Crippen molar-refractivity contribution in [2.45, 2.75) is 33.2 Å². The van der Waals surface area contributed by atoms with Gasteiger partial charge >= 0.3 is 0 Å². The van der Waals surface area contributed by atoms with Gasteiger partial charge in [-0.05, 0) is 12.8 Å². The average molecular weight is 128 g/mol. The molecule has 1 unspecified atom stereocenters. The molecule has 0 aromatic carbocycles. The Hall–Kier alpha value is -0.370. The molecule has 0 fully saturated rings. The fraction of sp³-hybridized carbons (Fsp3) is 0.857. The molecule has 0 aliphatic heterocycles. The Morgan fingerprint density at radius 2 is 1.89 bits per heavy atom. The minimum Gasteiger partial charge on any atom is -0.328 e. The van der Waals surface area contributed by atoms with Gasteiger partial charge in [-0.3, -0.25) is 0 Å². The molecule has 9 heavy (non-hydrogen) atoms. The highest BCUT2D eigenvalue weighted by molar-refractivity contribution is 5.83.